The van der Waals surface area contributed by atoms with Crippen molar-refractivity contribution in [1.82, 2.24) is 15.0 Å². The van der Waals surface area contributed by atoms with Crippen molar-refractivity contribution in [3.63, 3.8) is 0 Å². The summed E-state index contributed by atoms with van der Waals surface area (Å²) in [6, 6.07) is 0. The molecule has 0 bridgehead atoms. The first-order valence-electron chi connectivity index (χ1n) is 4.10. The Hall–Kier alpha value is -1.43. The maximum Gasteiger partial charge on any atom is 0.225 e. The largest absolute Gasteiger partial charge is 0.393 e. The van der Waals surface area contributed by atoms with E-state index >= 15 is 0 Å². The first-order chi connectivity index (χ1) is 6.15. The Bertz CT molecular complexity index is 302. The van der Waals surface area contributed by atoms with Gasteiger partial charge < -0.3 is 16.6 Å². The Balaban J connectivity index is 2.21. The van der Waals surface area contributed by atoms with Gasteiger partial charge in [0, 0.05) is 5.92 Å². The molecule has 1 aliphatic carbocycles. The summed E-state index contributed by atoms with van der Waals surface area (Å²) in [5, 5.41) is 9.08. The molecule has 0 unspecified atom stereocenters. The summed E-state index contributed by atoms with van der Waals surface area (Å²) in [6.45, 7) is 0. The summed E-state index contributed by atoms with van der Waals surface area (Å²) in [4.78, 5) is 11.6. The highest BCUT2D eigenvalue weighted by molar-refractivity contribution is 5.27. The molecule has 6 heteroatoms. The highest BCUT2D eigenvalue weighted by Gasteiger charge is 2.31. The zero-order valence-corrected chi connectivity index (χ0v) is 7.01. The third-order valence-electron chi connectivity index (χ3n) is 2.17. The molecule has 1 heterocycles. The maximum atomic E-state index is 9.08. The van der Waals surface area contributed by atoms with Gasteiger partial charge in [0.2, 0.25) is 11.9 Å². The number of nitrogen functional groups attached to an aromatic ring is 2. The first kappa shape index (κ1) is 8.18. The third kappa shape index (κ3) is 1.52. The summed E-state index contributed by atoms with van der Waals surface area (Å²) in [6.07, 6.45) is 1.13. The monoisotopic (exact) mass is 181 g/mol. The Morgan fingerprint density at radius 3 is 2.08 bits per heavy atom. The molecule has 1 fully saturated rings. The molecule has 5 N–H and O–H groups in total. The minimum absolute atomic E-state index is 0.142. The second-order valence-corrected chi connectivity index (χ2v) is 3.23. The van der Waals surface area contributed by atoms with Crippen LogP contribution < -0.4 is 11.5 Å². The number of nitrogens with two attached hydrogens (primary N) is 2. The Kier molecular flexibility index (Phi) is 1.77. The number of hydrogen-bond donors (Lipinski definition) is 3. The second kappa shape index (κ2) is 2.81. The van der Waals surface area contributed by atoms with E-state index in [9.17, 15) is 0 Å². The van der Waals surface area contributed by atoms with E-state index in [1.54, 1.807) is 0 Å². The molecule has 6 nitrogen and oxygen atoms in total. The number of rotatable bonds is 1. The molecule has 13 heavy (non-hydrogen) atoms. The van der Waals surface area contributed by atoms with Crippen LogP contribution in [0.1, 0.15) is 24.6 Å². The fraction of sp³-hybridized carbons (Fsp3) is 0.571. The Morgan fingerprint density at radius 2 is 1.62 bits per heavy atom. The minimum Gasteiger partial charge on any atom is -0.393 e. The normalized spacial score (nSPS) is 26.8. The zero-order valence-electron chi connectivity index (χ0n) is 7.01. The molecule has 0 spiro atoms. The van der Waals surface area contributed by atoms with E-state index in [2.05, 4.69) is 15.0 Å². The van der Waals surface area contributed by atoms with Crippen LogP contribution >= 0.6 is 0 Å². The van der Waals surface area contributed by atoms with E-state index in [1.165, 1.54) is 0 Å². The van der Waals surface area contributed by atoms with Crippen molar-refractivity contribution in [3.8, 4) is 0 Å². The number of aliphatic hydroxyl groups is 1. The van der Waals surface area contributed by atoms with E-state index in [0.29, 0.717) is 18.7 Å². The summed E-state index contributed by atoms with van der Waals surface area (Å²) >= 11 is 0. The first-order valence-corrected chi connectivity index (χ1v) is 4.10. The van der Waals surface area contributed by atoms with Crippen molar-refractivity contribution in [1.29, 1.82) is 0 Å². The van der Waals surface area contributed by atoms with Crippen LogP contribution in [-0.2, 0) is 0 Å². The van der Waals surface area contributed by atoms with Gasteiger partial charge in [0.25, 0.3) is 0 Å². The summed E-state index contributed by atoms with van der Waals surface area (Å²) in [5.41, 5.74) is 10.8. The molecule has 1 saturated carbocycles. The molecule has 1 aliphatic rings. The molecule has 2 rings (SSSR count). The number of hydrogen-bond acceptors (Lipinski definition) is 6. The molecular formula is C7H11N5O. The maximum absolute atomic E-state index is 9.08. The lowest BCUT2D eigenvalue weighted by Gasteiger charge is -2.29. The van der Waals surface area contributed by atoms with Crippen LogP contribution in [0.2, 0.25) is 0 Å². The van der Waals surface area contributed by atoms with Crippen molar-refractivity contribution < 1.29 is 5.11 Å². The van der Waals surface area contributed by atoms with Gasteiger partial charge in [0.15, 0.2) is 0 Å². The molecule has 0 amide bonds. The molecular weight excluding hydrogens is 170 g/mol. The summed E-state index contributed by atoms with van der Waals surface area (Å²) in [5.74, 6) is 1.06. The van der Waals surface area contributed by atoms with Gasteiger partial charge in [0.1, 0.15) is 5.82 Å². The average molecular weight is 181 g/mol. The van der Waals surface area contributed by atoms with E-state index in [4.69, 9.17) is 16.6 Å². The van der Waals surface area contributed by atoms with E-state index < -0.39 is 0 Å². The predicted octanol–water partition coefficient (Wildman–Crippen LogP) is -0.726. The van der Waals surface area contributed by atoms with Gasteiger partial charge in [-0.15, -0.1) is 0 Å². The van der Waals surface area contributed by atoms with Crippen molar-refractivity contribution in [2.75, 3.05) is 11.5 Å². The molecule has 0 saturated heterocycles. The fourth-order valence-electron chi connectivity index (χ4n) is 1.41. The zero-order chi connectivity index (χ0) is 9.42. The van der Waals surface area contributed by atoms with Gasteiger partial charge in [-0.3, -0.25) is 0 Å². The van der Waals surface area contributed by atoms with Crippen LogP contribution in [0.3, 0.4) is 0 Å². The topological polar surface area (TPSA) is 111 Å². The lowest BCUT2D eigenvalue weighted by Crippen LogP contribution is -2.28. The van der Waals surface area contributed by atoms with Crippen molar-refractivity contribution in [2.24, 2.45) is 0 Å². The van der Waals surface area contributed by atoms with Gasteiger partial charge in [0.05, 0.1) is 6.10 Å². The standard InChI is InChI=1S/C7H11N5O/c8-6-10-5(11-7(9)12-6)3-1-4(13)2-3/h3-4,13H,1-2H2,(H4,8,9,10,11,12). The van der Waals surface area contributed by atoms with Crippen molar-refractivity contribution >= 4 is 11.9 Å². The molecule has 0 radical (unpaired) electrons. The van der Waals surface area contributed by atoms with Crippen molar-refractivity contribution in [3.05, 3.63) is 5.82 Å². The SMILES string of the molecule is Nc1nc(N)nc(C2CC(O)C2)n1. The van der Waals surface area contributed by atoms with Crippen LogP contribution in [0.5, 0.6) is 0 Å². The molecule has 70 valence electrons. The van der Waals surface area contributed by atoms with Gasteiger partial charge in [-0.05, 0) is 12.8 Å². The van der Waals surface area contributed by atoms with E-state index in [0.717, 1.165) is 0 Å². The molecule has 1 aromatic rings. The third-order valence-corrected chi connectivity index (χ3v) is 2.17. The lowest BCUT2D eigenvalue weighted by molar-refractivity contribution is 0.0717. The fourth-order valence-corrected chi connectivity index (χ4v) is 1.41. The summed E-state index contributed by atoms with van der Waals surface area (Å²) < 4.78 is 0. The van der Waals surface area contributed by atoms with Gasteiger partial charge in [-0.2, -0.15) is 15.0 Å². The number of aliphatic hydroxyl groups excluding tert-OH is 1. The minimum atomic E-state index is -0.232. The molecule has 1 aromatic heterocycles. The van der Waals surface area contributed by atoms with E-state index in [-0.39, 0.29) is 23.9 Å². The highest BCUT2D eigenvalue weighted by atomic mass is 16.3. The number of aromatic nitrogens is 3. The number of anilines is 2. The Morgan fingerprint density at radius 1 is 1.08 bits per heavy atom. The quantitative estimate of drug-likeness (QED) is 0.527. The van der Waals surface area contributed by atoms with Gasteiger partial charge in [-0.1, -0.05) is 0 Å². The Labute approximate surface area is 75.0 Å². The van der Waals surface area contributed by atoms with E-state index in [1.807, 2.05) is 0 Å². The van der Waals surface area contributed by atoms with Crippen LogP contribution in [0.15, 0.2) is 0 Å². The second-order valence-electron chi connectivity index (χ2n) is 3.23. The molecule has 0 aliphatic heterocycles. The lowest BCUT2D eigenvalue weighted by atomic mass is 9.82. The molecule has 0 atom stereocenters. The van der Waals surface area contributed by atoms with Crippen LogP contribution in [0, 0.1) is 0 Å². The smallest absolute Gasteiger partial charge is 0.225 e. The highest BCUT2D eigenvalue weighted by Crippen LogP contribution is 2.34. The summed E-state index contributed by atoms with van der Waals surface area (Å²) in [7, 11) is 0. The predicted molar refractivity (Wildman–Crippen MR) is 46.6 cm³/mol. The molecule has 0 aromatic carbocycles. The van der Waals surface area contributed by atoms with Crippen LogP contribution in [0.4, 0.5) is 11.9 Å². The van der Waals surface area contributed by atoms with Crippen molar-refractivity contribution in [2.45, 2.75) is 24.9 Å². The van der Waals surface area contributed by atoms with Gasteiger partial charge in [-0.25, -0.2) is 0 Å². The number of nitrogens with zero attached hydrogens (tertiary/aromatic N) is 3. The van der Waals surface area contributed by atoms with Crippen LogP contribution in [0.25, 0.3) is 0 Å². The average Bonchev–Trinajstić information content (AvgIpc) is 1.96. The van der Waals surface area contributed by atoms with Crippen LogP contribution in [-0.4, -0.2) is 26.2 Å². The van der Waals surface area contributed by atoms with Gasteiger partial charge >= 0.3 is 0 Å².